The molecule has 4 rings (SSSR count). The lowest BCUT2D eigenvalue weighted by Gasteiger charge is -2.43. The number of ether oxygens (including phenoxy) is 2. The Morgan fingerprint density at radius 2 is 1.86 bits per heavy atom. The highest BCUT2D eigenvalue weighted by molar-refractivity contribution is 5.99. The minimum Gasteiger partial charge on any atom is -0.493 e. The number of primary amides is 1. The molecule has 0 unspecified atom stereocenters. The summed E-state index contributed by atoms with van der Waals surface area (Å²) < 4.78 is 12.0. The number of aliphatic hydroxyl groups is 1. The van der Waals surface area contributed by atoms with E-state index in [1.165, 1.54) is 32.0 Å². The van der Waals surface area contributed by atoms with Crippen LogP contribution in [0.4, 0.5) is 11.5 Å². The number of nitrogens with two attached hydrogens (primary N) is 1. The van der Waals surface area contributed by atoms with Crippen molar-refractivity contribution in [2.45, 2.75) is 32.5 Å². The topological polar surface area (TPSA) is 141 Å². The molecule has 10 heteroatoms. The maximum absolute atomic E-state index is 13.7. The molecule has 0 fully saturated rings. The van der Waals surface area contributed by atoms with Crippen molar-refractivity contribution in [3.8, 4) is 11.5 Å². The van der Waals surface area contributed by atoms with E-state index in [9.17, 15) is 14.7 Å². The number of carbonyl (C=O) groups is 2. The number of methoxy groups -OCH3 is 2. The fourth-order valence-electron chi connectivity index (χ4n) is 4.58. The van der Waals surface area contributed by atoms with Gasteiger partial charge in [-0.3, -0.25) is 9.59 Å². The number of aromatic nitrogens is 2. The molecule has 0 aliphatic carbocycles. The molecule has 2 heterocycles. The average Bonchev–Trinajstić information content (AvgIpc) is 3.25. The molecule has 10 nitrogen and oxygen atoms in total. The smallest absolute Gasteiger partial charge is 0.254 e. The summed E-state index contributed by atoms with van der Waals surface area (Å²) in [6, 6.07) is 10.1. The maximum atomic E-state index is 13.7. The first kappa shape index (κ1) is 24.1. The van der Waals surface area contributed by atoms with Gasteiger partial charge in [0.1, 0.15) is 17.3 Å². The van der Waals surface area contributed by atoms with E-state index in [1.807, 2.05) is 32.0 Å². The molecule has 3 atom stereocenters. The molecule has 2 amide bonds. The molecule has 5 N–H and O–H groups in total. The normalized spacial score (nSPS) is 21.0. The summed E-state index contributed by atoms with van der Waals surface area (Å²) in [7, 11) is 3.04. The van der Waals surface area contributed by atoms with Crippen LogP contribution < -0.4 is 25.8 Å². The second-order valence-corrected chi connectivity index (χ2v) is 8.80. The molecule has 0 spiro atoms. The van der Waals surface area contributed by atoms with Crippen LogP contribution in [0.1, 0.15) is 40.0 Å². The average molecular weight is 480 g/mol. The number of nitrogens with one attached hydrogen (secondary N) is 2. The van der Waals surface area contributed by atoms with Gasteiger partial charge in [-0.15, -0.1) is 0 Å². The Balaban J connectivity index is 1.84. The zero-order chi connectivity index (χ0) is 25.5. The van der Waals surface area contributed by atoms with Gasteiger partial charge in [0, 0.05) is 5.69 Å². The van der Waals surface area contributed by atoms with E-state index in [0.717, 1.165) is 11.1 Å². The molecular weight excluding hydrogens is 450 g/mol. The number of hydrogen-bond donors (Lipinski definition) is 4. The van der Waals surface area contributed by atoms with Crippen molar-refractivity contribution in [3.05, 3.63) is 64.8 Å². The first-order valence-corrected chi connectivity index (χ1v) is 11.1. The van der Waals surface area contributed by atoms with Crippen LogP contribution in [0.3, 0.4) is 0 Å². The van der Waals surface area contributed by atoms with Crippen LogP contribution in [0.2, 0.25) is 0 Å². The Labute approximate surface area is 203 Å². The molecule has 0 radical (unpaired) electrons. The van der Waals surface area contributed by atoms with E-state index < -0.39 is 29.5 Å². The monoisotopic (exact) mass is 479 g/mol. The van der Waals surface area contributed by atoms with E-state index in [4.69, 9.17) is 15.2 Å². The largest absolute Gasteiger partial charge is 0.493 e. The van der Waals surface area contributed by atoms with Gasteiger partial charge in [0.25, 0.3) is 5.91 Å². The highest BCUT2D eigenvalue weighted by Crippen LogP contribution is 2.45. The Bertz CT molecular complexity index is 1300. The lowest BCUT2D eigenvalue weighted by atomic mass is 9.82. The second-order valence-electron chi connectivity index (χ2n) is 8.80. The molecule has 35 heavy (non-hydrogen) atoms. The number of aryl methyl sites for hydroxylation is 2. The van der Waals surface area contributed by atoms with Crippen molar-refractivity contribution in [1.82, 2.24) is 9.78 Å². The van der Waals surface area contributed by atoms with Crippen molar-refractivity contribution in [2.24, 2.45) is 11.7 Å². The fraction of sp³-hybridized carbons (Fsp3) is 0.320. The van der Waals surface area contributed by atoms with Crippen LogP contribution in [0, 0.1) is 19.8 Å². The molecule has 1 aromatic heterocycles. The molecule has 1 aliphatic rings. The summed E-state index contributed by atoms with van der Waals surface area (Å²) in [6.45, 7) is 5.35. The lowest BCUT2D eigenvalue weighted by Crippen LogP contribution is -2.53. The number of hydrogen-bond acceptors (Lipinski definition) is 7. The van der Waals surface area contributed by atoms with Gasteiger partial charge < -0.3 is 30.9 Å². The first-order chi connectivity index (χ1) is 16.6. The highest BCUT2D eigenvalue weighted by atomic mass is 16.5. The van der Waals surface area contributed by atoms with E-state index in [-0.39, 0.29) is 11.4 Å². The summed E-state index contributed by atoms with van der Waals surface area (Å²) in [5, 5.41) is 22.0. The summed E-state index contributed by atoms with van der Waals surface area (Å²) >= 11 is 0. The predicted molar refractivity (Wildman–Crippen MR) is 131 cm³/mol. The van der Waals surface area contributed by atoms with Crippen LogP contribution >= 0.6 is 0 Å². The number of fused-ring (bicyclic) bond motifs is 1. The Morgan fingerprint density at radius 1 is 1.14 bits per heavy atom. The molecular formula is C25H29N5O5. The van der Waals surface area contributed by atoms with Crippen molar-refractivity contribution in [1.29, 1.82) is 0 Å². The van der Waals surface area contributed by atoms with Crippen molar-refractivity contribution in [2.75, 3.05) is 24.9 Å². The molecule has 1 aliphatic heterocycles. The van der Waals surface area contributed by atoms with Gasteiger partial charge in [0.15, 0.2) is 17.2 Å². The zero-order valence-electron chi connectivity index (χ0n) is 20.2. The van der Waals surface area contributed by atoms with Gasteiger partial charge in [-0.2, -0.15) is 5.10 Å². The van der Waals surface area contributed by atoms with Crippen molar-refractivity contribution in [3.63, 3.8) is 0 Å². The van der Waals surface area contributed by atoms with E-state index in [0.29, 0.717) is 22.7 Å². The molecule has 2 aromatic carbocycles. The SMILES string of the molecule is COc1ccc([C@@H]2Nc3c(C(N)=O)cnn3[C@@](C)(O)[C@@H]2C(=O)Nc2ccc(C)cc2C)cc1OC. The second kappa shape index (κ2) is 8.95. The van der Waals surface area contributed by atoms with Gasteiger partial charge in [0.2, 0.25) is 5.91 Å². The fourth-order valence-corrected chi connectivity index (χ4v) is 4.58. The minimum absolute atomic E-state index is 0.101. The van der Waals surface area contributed by atoms with Crippen LogP contribution in [0.15, 0.2) is 42.6 Å². The standard InChI is InChI=1S/C25H29N5O5/c1-13-6-8-17(14(2)10-13)28-24(32)20-21(15-7-9-18(34-4)19(11-15)35-5)29-23-16(22(26)31)12-27-30(23)25(20,3)33/h6-12,20-21,29,33H,1-5H3,(H2,26,31)(H,28,32)/t20-,21-,25-/m0/s1. The minimum atomic E-state index is -1.81. The van der Waals surface area contributed by atoms with Gasteiger partial charge >= 0.3 is 0 Å². The Morgan fingerprint density at radius 3 is 2.49 bits per heavy atom. The number of nitrogens with zero attached hydrogens (tertiary/aromatic N) is 2. The van der Waals surface area contributed by atoms with Crippen LogP contribution in [0.25, 0.3) is 0 Å². The maximum Gasteiger partial charge on any atom is 0.254 e. The van der Waals surface area contributed by atoms with Gasteiger partial charge in [-0.1, -0.05) is 23.8 Å². The number of carbonyl (C=O) groups excluding carboxylic acids is 2. The highest BCUT2D eigenvalue weighted by Gasteiger charge is 2.51. The van der Waals surface area contributed by atoms with Crippen LogP contribution in [-0.4, -0.2) is 40.9 Å². The van der Waals surface area contributed by atoms with Crippen molar-refractivity contribution < 1.29 is 24.2 Å². The predicted octanol–water partition coefficient (Wildman–Crippen LogP) is 2.70. The zero-order valence-corrected chi connectivity index (χ0v) is 20.2. The third kappa shape index (κ3) is 4.17. The summed E-state index contributed by atoms with van der Waals surface area (Å²) in [6.07, 6.45) is 1.27. The van der Waals surface area contributed by atoms with Crippen LogP contribution in [0.5, 0.6) is 11.5 Å². The van der Waals surface area contributed by atoms with Gasteiger partial charge in [0.05, 0.1) is 26.5 Å². The Hall–Kier alpha value is -4.05. The molecule has 0 bridgehead atoms. The van der Waals surface area contributed by atoms with Gasteiger partial charge in [-0.25, -0.2) is 4.68 Å². The van der Waals surface area contributed by atoms with E-state index >= 15 is 0 Å². The molecule has 0 saturated heterocycles. The summed E-state index contributed by atoms with van der Waals surface area (Å²) in [4.78, 5) is 25.8. The number of amides is 2. The van der Waals surface area contributed by atoms with Crippen LogP contribution in [-0.2, 0) is 10.5 Å². The molecule has 0 saturated carbocycles. The molecule has 184 valence electrons. The number of benzene rings is 2. The summed E-state index contributed by atoms with van der Waals surface area (Å²) in [5.74, 6) is -1.02. The number of anilines is 2. The third-order valence-electron chi connectivity index (χ3n) is 6.37. The number of rotatable bonds is 6. The van der Waals surface area contributed by atoms with E-state index in [1.54, 1.807) is 18.2 Å². The Kier molecular flexibility index (Phi) is 6.16. The van der Waals surface area contributed by atoms with Gasteiger partial charge in [-0.05, 0) is 50.1 Å². The lowest BCUT2D eigenvalue weighted by molar-refractivity contribution is -0.143. The van der Waals surface area contributed by atoms with Crippen molar-refractivity contribution >= 4 is 23.3 Å². The third-order valence-corrected chi connectivity index (χ3v) is 6.37. The summed E-state index contributed by atoms with van der Waals surface area (Å²) in [5.41, 5.74) is 7.04. The molecule has 3 aromatic rings. The first-order valence-electron chi connectivity index (χ1n) is 11.1. The van der Waals surface area contributed by atoms with E-state index in [2.05, 4.69) is 15.7 Å². The quantitative estimate of drug-likeness (QED) is 0.426.